The first-order valence-corrected chi connectivity index (χ1v) is 5.90. The van der Waals surface area contributed by atoms with Gasteiger partial charge in [-0.1, -0.05) is 31.5 Å². The Hall–Kier alpha value is -0.270. The van der Waals surface area contributed by atoms with Gasteiger partial charge in [-0.3, -0.25) is 0 Å². The summed E-state index contributed by atoms with van der Waals surface area (Å²) in [5.74, 6) is 0.154. The topological polar surface area (TPSA) is 0 Å². The molecular weight excluding hydrogens is 234 g/mol. The van der Waals surface area contributed by atoms with E-state index in [1.165, 1.54) is 12.1 Å². The second-order valence-electron chi connectivity index (χ2n) is 4.03. The maximum absolute atomic E-state index is 12.8. The van der Waals surface area contributed by atoms with Gasteiger partial charge in [-0.05, 0) is 36.5 Å². The predicted molar refractivity (Wildman–Crippen MR) is 64.2 cm³/mol. The van der Waals surface area contributed by atoms with Crippen LogP contribution in [0.2, 0.25) is 5.02 Å². The molecule has 0 amide bonds. The van der Waals surface area contributed by atoms with Crippen molar-refractivity contribution in [2.45, 2.75) is 32.1 Å². The van der Waals surface area contributed by atoms with Crippen LogP contribution in [0.4, 0.5) is 4.39 Å². The third-order valence-electron chi connectivity index (χ3n) is 2.43. The quantitative estimate of drug-likeness (QED) is 0.680. The molecular formula is C12H15Cl2F. The van der Waals surface area contributed by atoms with Crippen LogP contribution in [0.3, 0.4) is 0 Å². The van der Waals surface area contributed by atoms with Gasteiger partial charge in [0, 0.05) is 10.4 Å². The lowest BCUT2D eigenvalue weighted by Crippen LogP contribution is -2.08. The molecule has 0 nitrogen and oxygen atoms in total. The van der Waals surface area contributed by atoms with Crippen LogP contribution in [0.25, 0.3) is 0 Å². The monoisotopic (exact) mass is 248 g/mol. The van der Waals surface area contributed by atoms with E-state index in [2.05, 4.69) is 13.8 Å². The molecule has 1 aromatic rings. The van der Waals surface area contributed by atoms with Gasteiger partial charge in [-0.15, -0.1) is 11.6 Å². The van der Waals surface area contributed by atoms with Gasteiger partial charge in [0.05, 0.1) is 0 Å². The zero-order valence-electron chi connectivity index (χ0n) is 8.93. The molecule has 0 bridgehead atoms. The summed E-state index contributed by atoms with van der Waals surface area (Å²) in [4.78, 5) is 0. The number of hydrogen-bond donors (Lipinski definition) is 0. The minimum atomic E-state index is -0.296. The summed E-state index contributed by atoms with van der Waals surface area (Å²) in [5, 5.41) is 0.633. The molecule has 1 unspecified atom stereocenters. The lowest BCUT2D eigenvalue weighted by molar-refractivity contribution is 0.565. The molecule has 0 heterocycles. The van der Waals surface area contributed by atoms with E-state index in [0.717, 1.165) is 18.4 Å². The molecule has 1 aromatic carbocycles. The fourth-order valence-corrected chi connectivity index (χ4v) is 1.72. The molecule has 0 spiro atoms. The molecule has 84 valence electrons. The summed E-state index contributed by atoms with van der Waals surface area (Å²) in [6, 6.07) is 4.50. The SMILES string of the molecule is CC(C)C(Cl)CCc1ccc(F)cc1Cl. The normalized spacial score (nSPS) is 13.2. The molecule has 1 atom stereocenters. The minimum absolute atomic E-state index is 0.145. The molecule has 0 saturated heterocycles. The van der Waals surface area contributed by atoms with Gasteiger partial charge in [-0.25, -0.2) is 4.39 Å². The number of alkyl halides is 1. The standard InChI is InChI=1S/C12H15Cl2F/c1-8(2)11(13)6-4-9-3-5-10(15)7-12(9)14/h3,5,7-8,11H,4,6H2,1-2H3. The third kappa shape index (κ3) is 4.00. The second-order valence-corrected chi connectivity index (χ2v) is 5.00. The Labute approximate surface area is 100 Å². The number of aryl methyl sites for hydroxylation is 1. The molecule has 0 radical (unpaired) electrons. The molecule has 3 heteroatoms. The Kier molecular flexibility index (Phi) is 4.88. The average Bonchev–Trinajstić information content (AvgIpc) is 2.15. The van der Waals surface area contributed by atoms with Crippen molar-refractivity contribution < 1.29 is 4.39 Å². The largest absolute Gasteiger partial charge is 0.207 e. The highest BCUT2D eigenvalue weighted by Gasteiger charge is 2.10. The van der Waals surface area contributed by atoms with Crippen LogP contribution in [0, 0.1) is 11.7 Å². The summed E-state index contributed by atoms with van der Waals surface area (Å²) in [7, 11) is 0. The molecule has 0 aliphatic heterocycles. The van der Waals surface area contributed by atoms with Gasteiger partial charge < -0.3 is 0 Å². The van der Waals surface area contributed by atoms with Crippen LogP contribution < -0.4 is 0 Å². The van der Waals surface area contributed by atoms with Crippen molar-refractivity contribution in [2.75, 3.05) is 0 Å². The van der Waals surface area contributed by atoms with Crippen molar-refractivity contribution in [1.82, 2.24) is 0 Å². The summed E-state index contributed by atoms with van der Waals surface area (Å²) in [5.41, 5.74) is 0.962. The first kappa shape index (κ1) is 12.8. The van der Waals surface area contributed by atoms with Crippen LogP contribution in [-0.2, 0) is 6.42 Å². The van der Waals surface area contributed by atoms with E-state index < -0.39 is 0 Å². The van der Waals surface area contributed by atoms with Crippen molar-refractivity contribution in [3.63, 3.8) is 0 Å². The zero-order valence-corrected chi connectivity index (χ0v) is 10.4. The maximum atomic E-state index is 12.8. The van der Waals surface area contributed by atoms with Crippen molar-refractivity contribution in [2.24, 2.45) is 5.92 Å². The summed E-state index contributed by atoms with van der Waals surface area (Å²) in [6.45, 7) is 4.17. The van der Waals surface area contributed by atoms with Gasteiger partial charge in [-0.2, -0.15) is 0 Å². The molecule has 15 heavy (non-hydrogen) atoms. The van der Waals surface area contributed by atoms with E-state index in [-0.39, 0.29) is 11.2 Å². The molecule has 0 aliphatic rings. The van der Waals surface area contributed by atoms with Crippen molar-refractivity contribution in [3.05, 3.63) is 34.6 Å². The van der Waals surface area contributed by atoms with Crippen LogP contribution in [-0.4, -0.2) is 5.38 Å². The Bertz CT molecular complexity index is 323. The Balaban J connectivity index is 2.58. The zero-order chi connectivity index (χ0) is 11.4. The van der Waals surface area contributed by atoms with Crippen molar-refractivity contribution in [3.8, 4) is 0 Å². The number of halogens is 3. The van der Waals surface area contributed by atoms with Crippen LogP contribution in [0.5, 0.6) is 0 Å². The summed E-state index contributed by atoms with van der Waals surface area (Å²) < 4.78 is 12.8. The van der Waals surface area contributed by atoms with Gasteiger partial charge in [0.25, 0.3) is 0 Å². The van der Waals surface area contributed by atoms with E-state index in [0.29, 0.717) is 10.9 Å². The fourth-order valence-electron chi connectivity index (χ4n) is 1.35. The molecule has 0 aromatic heterocycles. The highest BCUT2D eigenvalue weighted by molar-refractivity contribution is 6.31. The van der Waals surface area contributed by atoms with Crippen LogP contribution in [0.1, 0.15) is 25.8 Å². The molecule has 0 saturated carbocycles. The maximum Gasteiger partial charge on any atom is 0.124 e. The van der Waals surface area contributed by atoms with Gasteiger partial charge in [0.15, 0.2) is 0 Å². The Morgan fingerprint density at radius 1 is 1.33 bits per heavy atom. The minimum Gasteiger partial charge on any atom is -0.207 e. The molecule has 0 N–H and O–H groups in total. The van der Waals surface area contributed by atoms with Crippen molar-refractivity contribution >= 4 is 23.2 Å². The summed E-state index contributed by atoms with van der Waals surface area (Å²) in [6.07, 6.45) is 1.66. The van der Waals surface area contributed by atoms with Crippen LogP contribution >= 0.6 is 23.2 Å². The lowest BCUT2D eigenvalue weighted by Gasteiger charge is -2.13. The van der Waals surface area contributed by atoms with Crippen molar-refractivity contribution in [1.29, 1.82) is 0 Å². The smallest absolute Gasteiger partial charge is 0.124 e. The van der Waals surface area contributed by atoms with Gasteiger partial charge in [0.2, 0.25) is 0 Å². The average molecular weight is 249 g/mol. The van der Waals surface area contributed by atoms with E-state index in [9.17, 15) is 4.39 Å². The third-order valence-corrected chi connectivity index (χ3v) is 3.50. The van der Waals surface area contributed by atoms with E-state index in [4.69, 9.17) is 23.2 Å². The van der Waals surface area contributed by atoms with Gasteiger partial charge >= 0.3 is 0 Å². The second kappa shape index (κ2) is 5.72. The predicted octanol–water partition coefficient (Wildman–Crippen LogP) is 4.68. The first-order chi connectivity index (χ1) is 7.00. The molecule has 0 aliphatic carbocycles. The van der Waals surface area contributed by atoms with E-state index in [1.807, 2.05) is 0 Å². The van der Waals surface area contributed by atoms with E-state index in [1.54, 1.807) is 6.07 Å². The van der Waals surface area contributed by atoms with Crippen LogP contribution in [0.15, 0.2) is 18.2 Å². The fraction of sp³-hybridized carbons (Fsp3) is 0.500. The highest BCUT2D eigenvalue weighted by atomic mass is 35.5. The van der Waals surface area contributed by atoms with E-state index >= 15 is 0 Å². The Morgan fingerprint density at radius 3 is 2.53 bits per heavy atom. The number of benzene rings is 1. The lowest BCUT2D eigenvalue weighted by atomic mass is 10.0. The Morgan fingerprint density at radius 2 is 2.00 bits per heavy atom. The first-order valence-electron chi connectivity index (χ1n) is 5.08. The highest BCUT2D eigenvalue weighted by Crippen LogP contribution is 2.22. The van der Waals surface area contributed by atoms with Gasteiger partial charge in [0.1, 0.15) is 5.82 Å². The summed E-state index contributed by atoms with van der Waals surface area (Å²) >= 11 is 12.0. The molecule has 0 fully saturated rings. The number of rotatable bonds is 4. The number of hydrogen-bond acceptors (Lipinski definition) is 0. The molecule has 1 rings (SSSR count).